The number of rotatable bonds is 4. The summed E-state index contributed by atoms with van der Waals surface area (Å²) >= 11 is 0. The fourth-order valence-corrected chi connectivity index (χ4v) is 2.09. The molecule has 0 aliphatic carbocycles. The van der Waals surface area contributed by atoms with Crippen LogP contribution in [0.15, 0.2) is 43.0 Å². The van der Waals surface area contributed by atoms with Crippen molar-refractivity contribution in [3.8, 4) is 11.5 Å². The van der Waals surface area contributed by atoms with Crippen molar-refractivity contribution >= 4 is 5.57 Å². The van der Waals surface area contributed by atoms with Gasteiger partial charge in [0.2, 0.25) is 0 Å². The zero-order valence-electron chi connectivity index (χ0n) is 15.2. The van der Waals surface area contributed by atoms with E-state index in [2.05, 4.69) is 6.58 Å². The molecular formula is C20H24F2O3. The van der Waals surface area contributed by atoms with Crippen LogP contribution in [-0.2, 0) is 5.60 Å². The van der Waals surface area contributed by atoms with Gasteiger partial charge in [0.1, 0.15) is 23.1 Å². The lowest BCUT2D eigenvalue weighted by Crippen LogP contribution is -2.17. The van der Waals surface area contributed by atoms with Crippen molar-refractivity contribution in [2.24, 2.45) is 0 Å². The second-order valence-electron chi connectivity index (χ2n) is 6.03. The first-order valence-electron chi connectivity index (χ1n) is 7.66. The molecule has 0 aliphatic rings. The molecule has 5 heteroatoms. The van der Waals surface area contributed by atoms with E-state index >= 15 is 0 Å². The molecule has 0 atom stereocenters. The average Bonchev–Trinajstić information content (AvgIpc) is 2.53. The Hall–Kier alpha value is -2.40. The molecule has 0 heterocycles. The minimum absolute atomic E-state index is 0.272. The van der Waals surface area contributed by atoms with Gasteiger partial charge in [-0.15, -0.1) is 0 Å². The first kappa shape index (κ1) is 20.6. The number of allylic oxidation sites excluding steroid dienone is 1. The van der Waals surface area contributed by atoms with Crippen molar-refractivity contribution in [2.45, 2.75) is 26.4 Å². The summed E-state index contributed by atoms with van der Waals surface area (Å²) in [6.07, 6.45) is 0. The summed E-state index contributed by atoms with van der Waals surface area (Å²) in [4.78, 5) is 0. The van der Waals surface area contributed by atoms with E-state index in [1.54, 1.807) is 25.1 Å². The summed E-state index contributed by atoms with van der Waals surface area (Å²) in [7, 11) is 2.98. The van der Waals surface area contributed by atoms with Crippen molar-refractivity contribution in [3.63, 3.8) is 0 Å². The van der Waals surface area contributed by atoms with Crippen LogP contribution in [0.4, 0.5) is 8.78 Å². The van der Waals surface area contributed by atoms with Gasteiger partial charge in [0.05, 0.1) is 19.8 Å². The summed E-state index contributed by atoms with van der Waals surface area (Å²) in [5.41, 5.74) is 0.371. The SMILES string of the molecule is C=C(C)c1ccc(OC)cc1F.COc1ccc(C(C)(C)O)c(F)c1. The Morgan fingerprint density at radius 1 is 0.960 bits per heavy atom. The quantitative estimate of drug-likeness (QED) is 0.850. The monoisotopic (exact) mass is 350 g/mol. The molecule has 2 aromatic rings. The molecule has 2 aromatic carbocycles. The first-order chi connectivity index (χ1) is 11.6. The molecule has 0 bridgehead atoms. The molecule has 0 saturated heterocycles. The molecular weight excluding hydrogens is 326 g/mol. The summed E-state index contributed by atoms with van der Waals surface area (Å²) in [6, 6.07) is 9.13. The lowest BCUT2D eigenvalue weighted by molar-refractivity contribution is 0.0744. The maximum atomic E-state index is 13.3. The van der Waals surface area contributed by atoms with E-state index in [-0.39, 0.29) is 11.4 Å². The summed E-state index contributed by atoms with van der Waals surface area (Å²) in [5.74, 6) is 0.233. The molecule has 136 valence electrons. The number of aliphatic hydroxyl groups is 1. The predicted octanol–water partition coefficient (Wildman–Crippen LogP) is 4.93. The van der Waals surface area contributed by atoms with Crippen LogP contribution in [0.25, 0.3) is 5.57 Å². The molecule has 0 radical (unpaired) electrons. The fourth-order valence-electron chi connectivity index (χ4n) is 2.09. The van der Waals surface area contributed by atoms with E-state index in [1.807, 2.05) is 0 Å². The molecule has 0 saturated carbocycles. The Kier molecular flexibility index (Phi) is 7.12. The third kappa shape index (κ3) is 5.87. The van der Waals surface area contributed by atoms with E-state index in [0.29, 0.717) is 17.1 Å². The third-order valence-electron chi connectivity index (χ3n) is 3.47. The smallest absolute Gasteiger partial charge is 0.134 e. The average molecular weight is 350 g/mol. The minimum atomic E-state index is -1.16. The zero-order valence-corrected chi connectivity index (χ0v) is 15.2. The van der Waals surface area contributed by atoms with Gasteiger partial charge < -0.3 is 14.6 Å². The van der Waals surface area contributed by atoms with Crippen LogP contribution in [0.3, 0.4) is 0 Å². The van der Waals surface area contributed by atoms with Crippen LogP contribution in [-0.4, -0.2) is 19.3 Å². The largest absolute Gasteiger partial charge is 0.497 e. The Labute approximate surface area is 147 Å². The number of ether oxygens (including phenoxy) is 2. The van der Waals surface area contributed by atoms with Crippen LogP contribution in [0.5, 0.6) is 11.5 Å². The normalized spacial score (nSPS) is 10.6. The standard InChI is InChI=1S/C10H13FO2.C10H11FO/c1-10(2,12)8-5-4-7(13-3)6-9(8)11;1-7(2)9-5-4-8(12-3)6-10(9)11/h4-6,12H,1-3H3;4-6H,1H2,2-3H3. The molecule has 0 aliphatic heterocycles. The maximum Gasteiger partial charge on any atom is 0.134 e. The molecule has 0 spiro atoms. The van der Waals surface area contributed by atoms with Gasteiger partial charge in [0.25, 0.3) is 0 Å². The van der Waals surface area contributed by atoms with Crippen molar-refractivity contribution in [1.29, 1.82) is 0 Å². The number of methoxy groups -OCH3 is 2. The fraction of sp³-hybridized carbons (Fsp3) is 0.300. The van der Waals surface area contributed by atoms with Crippen molar-refractivity contribution < 1.29 is 23.4 Å². The van der Waals surface area contributed by atoms with Crippen LogP contribution in [0, 0.1) is 11.6 Å². The van der Waals surface area contributed by atoms with Gasteiger partial charge in [0, 0.05) is 23.3 Å². The lowest BCUT2D eigenvalue weighted by Gasteiger charge is -2.18. The zero-order chi connectivity index (χ0) is 19.2. The molecule has 0 unspecified atom stereocenters. The number of hydrogen-bond acceptors (Lipinski definition) is 3. The van der Waals surface area contributed by atoms with Crippen molar-refractivity contribution in [2.75, 3.05) is 14.2 Å². The number of benzene rings is 2. The highest BCUT2D eigenvalue weighted by molar-refractivity contribution is 5.62. The van der Waals surface area contributed by atoms with Gasteiger partial charge in [0.15, 0.2) is 0 Å². The van der Waals surface area contributed by atoms with Gasteiger partial charge in [-0.25, -0.2) is 8.78 Å². The van der Waals surface area contributed by atoms with Crippen LogP contribution >= 0.6 is 0 Å². The number of hydrogen-bond donors (Lipinski definition) is 1. The minimum Gasteiger partial charge on any atom is -0.497 e. The summed E-state index contributed by atoms with van der Waals surface area (Å²) < 4.78 is 36.1. The molecule has 0 aromatic heterocycles. The molecule has 25 heavy (non-hydrogen) atoms. The van der Waals surface area contributed by atoms with E-state index < -0.39 is 11.4 Å². The Balaban J connectivity index is 0.000000251. The van der Waals surface area contributed by atoms with Gasteiger partial charge in [-0.3, -0.25) is 0 Å². The molecule has 2 rings (SSSR count). The van der Waals surface area contributed by atoms with Crippen molar-refractivity contribution in [3.05, 3.63) is 65.7 Å². The van der Waals surface area contributed by atoms with Crippen molar-refractivity contribution in [1.82, 2.24) is 0 Å². The second kappa shape index (κ2) is 8.62. The highest BCUT2D eigenvalue weighted by Crippen LogP contribution is 2.25. The Morgan fingerprint density at radius 2 is 1.44 bits per heavy atom. The van der Waals surface area contributed by atoms with Crippen LogP contribution in [0.2, 0.25) is 0 Å². The Morgan fingerprint density at radius 3 is 1.80 bits per heavy atom. The van der Waals surface area contributed by atoms with Gasteiger partial charge >= 0.3 is 0 Å². The lowest BCUT2D eigenvalue weighted by atomic mass is 9.98. The second-order valence-corrected chi connectivity index (χ2v) is 6.03. The topological polar surface area (TPSA) is 38.7 Å². The highest BCUT2D eigenvalue weighted by Gasteiger charge is 2.20. The van der Waals surface area contributed by atoms with E-state index in [0.717, 1.165) is 5.57 Å². The van der Waals surface area contributed by atoms with Gasteiger partial charge in [-0.1, -0.05) is 6.58 Å². The van der Waals surface area contributed by atoms with E-state index in [4.69, 9.17) is 9.47 Å². The maximum absolute atomic E-state index is 13.3. The summed E-state index contributed by atoms with van der Waals surface area (Å²) in [5, 5.41) is 9.55. The third-order valence-corrected chi connectivity index (χ3v) is 3.47. The summed E-state index contributed by atoms with van der Waals surface area (Å²) in [6.45, 7) is 8.51. The number of halogens is 2. The first-order valence-corrected chi connectivity index (χ1v) is 7.66. The van der Waals surface area contributed by atoms with E-state index in [1.165, 1.54) is 46.3 Å². The van der Waals surface area contributed by atoms with Crippen LogP contribution < -0.4 is 9.47 Å². The van der Waals surface area contributed by atoms with Crippen LogP contribution in [0.1, 0.15) is 31.9 Å². The van der Waals surface area contributed by atoms with Gasteiger partial charge in [-0.2, -0.15) is 0 Å². The predicted molar refractivity (Wildman–Crippen MR) is 95.9 cm³/mol. The van der Waals surface area contributed by atoms with E-state index in [9.17, 15) is 13.9 Å². The molecule has 1 N–H and O–H groups in total. The van der Waals surface area contributed by atoms with Gasteiger partial charge in [-0.05, 0) is 50.6 Å². The molecule has 0 fully saturated rings. The highest BCUT2D eigenvalue weighted by atomic mass is 19.1. The molecule has 3 nitrogen and oxygen atoms in total. The Bertz CT molecular complexity index is 734. The molecule has 0 amide bonds.